The molecule has 6 nitrogen and oxygen atoms in total. The molecular formula is C17H24N4O2. The molecule has 2 N–H and O–H groups in total. The maximum atomic E-state index is 11.6. The normalized spacial score (nSPS) is 11.6. The number of pyridine rings is 1. The van der Waals surface area contributed by atoms with Crippen molar-refractivity contribution in [3.05, 3.63) is 36.3 Å². The molecule has 0 aromatic carbocycles. The average Bonchev–Trinajstić information content (AvgIpc) is 2.93. The van der Waals surface area contributed by atoms with E-state index in [1.807, 2.05) is 39.2 Å². The first-order chi connectivity index (χ1) is 11.0. The van der Waals surface area contributed by atoms with Crippen LogP contribution in [0.4, 0.5) is 0 Å². The van der Waals surface area contributed by atoms with Crippen LogP contribution in [0, 0.1) is 5.41 Å². The highest BCUT2D eigenvalue weighted by atomic mass is 16.4. The van der Waals surface area contributed by atoms with E-state index in [0.717, 1.165) is 16.8 Å². The summed E-state index contributed by atoms with van der Waals surface area (Å²) in [4.78, 5) is 15.6. The maximum Gasteiger partial charge on any atom is 0.310 e. The maximum absolute atomic E-state index is 11.6. The number of aromatic nitrogens is 3. The Kier molecular flexibility index (Phi) is 5.50. The molecule has 2 rings (SSSR count). The van der Waals surface area contributed by atoms with Crippen LogP contribution < -0.4 is 5.32 Å². The molecule has 0 spiro atoms. The summed E-state index contributed by atoms with van der Waals surface area (Å²) >= 11 is 0. The molecule has 0 aliphatic carbocycles. The van der Waals surface area contributed by atoms with Crippen molar-refractivity contribution in [2.24, 2.45) is 12.5 Å². The van der Waals surface area contributed by atoms with Crippen molar-refractivity contribution in [3.63, 3.8) is 0 Å². The first kappa shape index (κ1) is 17.1. The Morgan fingerprint density at radius 3 is 2.52 bits per heavy atom. The van der Waals surface area contributed by atoms with Crippen molar-refractivity contribution >= 4 is 5.97 Å². The summed E-state index contributed by atoms with van der Waals surface area (Å²) in [5, 5.41) is 17.3. The molecular weight excluding hydrogens is 292 g/mol. The molecule has 23 heavy (non-hydrogen) atoms. The van der Waals surface area contributed by atoms with Crippen molar-refractivity contribution in [2.45, 2.75) is 33.2 Å². The second-order valence-electron chi connectivity index (χ2n) is 5.81. The third-order valence-corrected chi connectivity index (χ3v) is 4.44. The summed E-state index contributed by atoms with van der Waals surface area (Å²) < 4.78 is 1.77. The number of carbonyl (C=O) groups is 1. The molecule has 0 saturated heterocycles. The van der Waals surface area contributed by atoms with Crippen LogP contribution in [-0.2, 0) is 18.4 Å². The smallest absolute Gasteiger partial charge is 0.310 e. The van der Waals surface area contributed by atoms with Gasteiger partial charge in [0.15, 0.2) is 0 Å². The number of carboxylic acids is 1. The van der Waals surface area contributed by atoms with E-state index >= 15 is 0 Å². The second kappa shape index (κ2) is 7.37. The van der Waals surface area contributed by atoms with Gasteiger partial charge in [-0.05, 0) is 25.0 Å². The molecule has 2 heterocycles. The van der Waals surface area contributed by atoms with Gasteiger partial charge in [0.05, 0.1) is 11.1 Å². The van der Waals surface area contributed by atoms with Crippen molar-refractivity contribution in [2.75, 3.05) is 6.54 Å². The van der Waals surface area contributed by atoms with Gasteiger partial charge >= 0.3 is 5.97 Å². The third kappa shape index (κ3) is 3.76. The molecule has 0 fully saturated rings. The highest BCUT2D eigenvalue weighted by molar-refractivity contribution is 5.74. The van der Waals surface area contributed by atoms with E-state index in [9.17, 15) is 9.90 Å². The fourth-order valence-corrected chi connectivity index (χ4v) is 2.73. The zero-order chi connectivity index (χ0) is 16.9. The summed E-state index contributed by atoms with van der Waals surface area (Å²) in [5.74, 6) is -0.740. The lowest BCUT2D eigenvalue weighted by Gasteiger charge is -2.27. The second-order valence-corrected chi connectivity index (χ2v) is 5.81. The first-order valence-corrected chi connectivity index (χ1v) is 7.89. The fraction of sp³-hybridized carbons (Fsp3) is 0.471. The lowest BCUT2D eigenvalue weighted by molar-refractivity contribution is -0.149. The first-order valence-electron chi connectivity index (χ1n) is 7.89. The van der Waals surface area contributed by atoms with Crippen molar-refractivity contribution in [1.29, 1.82) is 0 Å². The molecule has 0 aliphatic heterocycles. The Morgan fingerprint density at radius 1 is 1.30 bits per heavy atom. The highest BCUT2D eigenvalue weighted by Crippen LogP contribution is 2.26. The van der Waals surface area contributed by atoms with E-state index in [2.05, 4.69) is 15.4 Å². The largest absolute Gasteiger partial charge is 0.481 e. The van der Waals surface area contributed by atoms with Crippen LogP contribution in [-0.4, -0.2) is 32.4 Å². The summed E-state index contributed by atoms with van der Waals surface area (Å²) in [5.41, 5.74) is 2.24. The third-order valence-electron chi connectivity index (χ3n) is 4.44. The van der Waals surface area contributed by atoms with Crippen molar-refractivity contribution in [1.82, 2.24) is 20.1 Å². The van der Waals surface area contributed by atoms with Crippen LogP contribution in [0.2, 0.25) is 0 Å². The molecule has 0 radical (unpaired) electrons. The number of hydrogen-bond donors (Lipinski definition) is 2. The molecule has 124 valence electrons. The van der Waals surface area contributed by atoms with Crippen LogP contribution in [0.25, 0.3) is 11.3 Å². The van der Waals surface area contributed by atoms with Gasteiger partial charge in [-0.3, -0.25) is 14.5 Å². The molecule has 6 heteroatoms. The summed E-state index contributed by atoms with van der Waals surface area (Å²) in [7, 11) is 1.88. The number of aryl methyl sites for hydroxylation is 1. The molecule has 0 amide bonds. The molecule has 0 saturated carbocycles. The standard InChI is InChI=1S/C17H24N4O2/c1-4-17(5-2,16(22)23)12-19-10-14-11-21(3)20-15(14)13-6-8-18-9-7-13/h6-9,11,19H,4-5,10,12H2,1-3H3,(H,22,23). The van der Waals surface area contributed by atoms with Crippen LogP contribution in [0.1, 0.15) is 32.3 Å². The van der Waals surface area contributed by atoms with E-state index in [4.69, 9.17) is 0 Å². The number of aliphatic carboxylic acids is 1. The van der Waals surface area contributed by atoms with Gasteiger partial charge in [-0.2, -0.15) is 5.10 Å². The molecule has 2 aromatic heterocycles. The van der Waals surface area contributed by atoms with Gasteiger partial charge in [0, 0.05) is 49.9 Å². The van der Waals surface area contributed by atoms with Crippen LogP contribution in [0.15, 0.2) is 30.7 Å². The highest BCUT2D eigenvalue weighted by Gasteiger charge is 2.34. The topological polar surface area (TPSA) is 80.0 Å². The van der Waals surface area contributed by atoms with Gasteiger partial charge in [-0.1, -0.05) is 13.8 Å². The van der Waals surface area contributed by atoms with E-state index in [0.29, 0.717) is 25.9 Å². The molecule has 0 bridgehead atoms. The van der Waals surface area contributed by atoms with Crippen LogP contribution in [0.3, 0.4) is 0 Å². The van der Waals surface area contributed by atoms with Gasteiger partial charge in [0.2, 0.25) is 0 Å². The van der Waals surface area contributed by atoms with E-state index in [1.165, 1.54) is 0 Å². The van der Waals surface area contributed by atoms with E-state index in [1.54, 1.807) is 17.1 Å². The molecule has 2 aromatic rings. The Morgan fingerprint density at radius 2 is 1.96 bits per heavy atom. The summed E-state index contributed by atoms with van der Waals surface area (Å²) in [6.45, 7) is 4.87. The molecule has 0 atom stereocenters. The Labute approximate surface area is 136 Å². The predicted molar refractivity (Wildman–Crippen MR) is 88.8 cm³/mol. The Bertz CT molecular complexity index is 648. The zero-order valence-corrected chi connectivity index (χ0v) is 13.9. The molecule has 0 aliphatic rings. The van der Waals surface area contributed by atoms with Crippen molar-refractivity contribution < 1.29 is 9.90 Å². The summed E-state index contributed by atoms with van der Waals surface area (Å²) in [6.07, 6.45) is 6.66. The number of rotatable bonds is 8. The molecule has 0 unspecified atom stereocenters. The van der Waals surface area contributed by atoms with Gasteiger partial charge in [0.25, 0.3) is 0 Å². The van der Waals surface area contributed by atoms with Crippen LogP contribution in [0.5, 0.6) is 0 Å². The Hall–Kier alpha value is -2.21. The van der Waals surface area contributed by atoms with Gasteiger partial charge in [-0.15, -0.1) is 0 Å². The quantitative estimate of drug-likeness (QED) is 0.782. The minimum absolute atomic E-state index is 0.444. The predicted octanol–water partition coefficient (Wildman–Crippen LogP) is 2.46. The lowest BCUT2D eigenvalue weighted by Crippen LogP contribution is -2.40. The summed E-state index contributed by atoms with van der Waals surface area (Å²) in [6, 6.07) is 3.84. The zero-order valence-electron chi connectivity index (χ0n) is 13.9. The van der Waals surface area contributed by atoms with Gasteiger partial charge in [0.1, 0.15) is 0 Å². The van der Waals surface area contributed by atoms with E-state index in [-0.39, 0.29) is 0 Å². The van der Waals surface area contributed by atoms with Gasteiger partial charge in [-0.25, -0.2) is 0 Å². The average molecular weight is 316 g/mol. The Balaban J connectivity index is 2.11. The minimum Gasteiger partial charge on any atom is -0.481 e. The number of nitrogens with zero attached hydrogens (tertiary/aromatic N) is 3. The lowest BCUT2D eigenvalue weighted by atomic mass is 9.82. The van der Waals surface area contributed by atoms with Crippen LogP contribution >= 0.6 is 0 Å². The number of carboxylic acid groups (broad SMARTS) is 1. The van der Waals surface area contributed by atoms with Gasteiger partial charge < -0.3 is 10.4 Å². The number of nitrogens with one attached hydrogen (secondary N) is 1. The van der Waals surface area contributed by atoms with Crippen molar-refractivity contribution in [3.8, 4) is 11.3 Å². The monoisotopic (exact) mass is 316 g/mol. The van der Waals surface area contributed by atoms with E-state index < -0.39 is 11.4 Å². The number of hydrogen-bond acceptors (Lipinski definition) is 4. The minimum atomic E-state index is -0.740. The SMILES string of the molecule is CCC(CC)(CNCc1cn(C)nc1-c1ccncc1)C(=O)O. The fourth-order valence-electron chi connectivity index (χ4n) is 2.73.